The van der Waals surface area contributed by atoms with Crippen LogP contribution in [0.1, 0.15) is 29.2 Å². The van der Waals surface area contributed by atoms with E-state index in [4.69, 9.17) is 14.2 Å². The fraction of sp³-hybridized carbons (Fsp3) is 0.240. The molecule has 5 nitrogen and oxygen atoms in total. The Morgan fingerprint density at radius 2 is 1.30 bits per heavy atom. The Labute approximate surface area is 177 Å². The van der Waals surface area contributed by atoms with Crippen molar-refractivity contribution in [2.75, 3.05) is 21.3 Å². The third kappa shape index (κ3) is 5.11. The lowest BCUT2D eigenvalue weighted by atomic mass is 9.98. The van der Waals surface area contributed by atoms with Crippen LogP contribution in [0.3, 0.4) is 0 Å². The van der Waals surface area contributed by atoms with Gasteiger partial charge in [0.2, 0.25) is 11.7 Å². The van der Waals surface area contributed by atoms with Gasteiger partial charge in [0.05, 0.1) is 27.4 Å². The van der Waals surface area contributed by atoms with E-state index in [0.717, 1.165) is 16.7 Å². The normalized spacial score (nSPS) is 10.5. The number of rotatable bonds is 9. The lowest BCUT2D eigenvalue weighted by Gasteiger charge is -2.20. The maximum atomic E-state index is 12.8. The highest BCUT2D eigenvalue weighted by atomic mass is 16.5. The quantitative estimate of drug-likeness (QED) is 0.567. The van der Waals surface area contributed by atoms with Crippen molar-refractivity contribution in [3.05, 3.63) is 89.5 Å². The van der Waals surface area contributed by atoms with Gasteiger partial charge < -0.3 is 19.5 Å². The Hall–Kier alpha value is -3.47. The summed E-state index contributed by atoms with van der Waals surface area (Å²) in [5, 5.41) is 3.17. The topological polar surface area (TPSA) is 56.8 Å². The predicted molar refractivity (Wildman–Crippen MR) is 117 cm³/mol. The molecule has 0 radical (unpaired) electrons. The zero-order valence-electron chi connectivity index (χ0n) is 17.6. The van der Waals surface area contributed by atoms with Gasteiger partial charge in [-0.25, -0.2) is 0 Å². The minimum Gasteiger partial charge on any atom is -0.493 e. The van der Waals surface area contributed by atoms with Gasteiger partial charge in [-0.1, -0.05) is 60.7 Å². The van der Waals surface area contributed by atoms with Gasteiger partial charge in [0.15, 0.2) is 11.5 Å². The summed E-state index contributed by atoms with van der Waals surface area (Å²) in [6.07, 6.45) is 0.896. The minimum atomic E-state index is -0.195. The summed E-state index contributed by atoms with van der Waals surface area (Å²) in [6, 6.07) is 23.5. The molecule has 3 rings (SSSR count). The average molecular weight is 405 g/mol. The van der Waals surface area contributed by atoms with Crippen LogP contribution >= 0.6 is 0 Å². The zero-order chi connectivity index (χ0) is 21.3. The fourth-order valence-corrected chi connectivity index (χ4v) is 3.42. The van der Waals surface area contributed by atoms with Crippen LogP contribution in [0.15, 0.2) is 72.8 Å². The number of hydrogen-bond acceptors (Lipinski definition) is 4. The number of carbonyl (C=O) groups is 1. The van der Waals surface area contributed by atoms with Gasteiger partial charge >= 0.3 is 0 Å². The van der Waals surface area contributed by atoms with Gasteiger partial charge in [0, 0.05) is 6.42 Å². The summed E-state index contributed by atoms with van der Waals surface area (Å²) < 4.78 is 16.2. The lowest BCUT2D eigenvalue weighted by Crippen LogP contribution is -2.29. The van der Waals surface area contributed by atoms with Crippen LogP contribution in [-0.4, -0.2) is 27.2 Å². The van der Waals surface area contributed by atoms with Crippen molar-refractivity contribution in [2.24, 2.45) is 0 Å². The Kier molecular flexibility index (Phi) is 7.33. The van der Waals surface area contributed by atoms with E-state index >= 15 is 0 Å². The first-order valence-electron chi connectivity index (χ1n) is 9.84. The van der Waals surface area contributed by atoms with E-state index in [2.05, 4.69) is 5.32 Å². The third-order valence-electron chi connectivity index (χ3n) is 4.94. The molecule has 1 amide bonds. The van der Waals surface area contributed by atoms with Crippen LogP contribution in [0.2, 0.25) is 0 Å². The highest BCUT2D eigenvalue weighted by molar-refractivity contribution is 5.77. The Bertz CT molecular complexity index is 893. The predicted octanol–water partition coefficient (Wildman–Crippen LogP) is 4.55. The Morgan fingerprint density at radius 1 is 0.800 bits per heavy atom. The molecule has 0 spiro atoms. The summed E-state index contributed by atoms with van der Waals surface area (Å²) in [5.74, 6) is 1.68. The van der Waals surface area contributed by atoms with Gasteiger partial charge in [0.1, 0.15) is 0 Å². The van der Waals surface area contributed by atoms with Gasteiger partial charge in [-0.2, -0.15) is 0 Å². The van der Waals surface area contributed by atoms with Crippen LogP contribution in [0.5, 0.6) is 17.2 Å². The largest absolute Gasteiger partial charge is 0.493 e. The molecule has 0 unspecified atom stereocenters. The lowest BCUT2D eigenvalue weighted by molar-refractivity contribution is -0.121. The van der Waals surface area contributed by atoms with Gasteiger partial charge in [0.25, 0.3) is 0 Å². The van der Waals surface area contributed by atoms with Crippen LogP contribution < -0.4 is 19.5 Å². The van der Waals surface area contributed by atoms with E-state index in [9.17, 15) is 4.79 Å². The fourth-order valence-electron chi connectivity index (χ4n) is 3.42. The molecule has 0 atom stereocenters. The smallest absolute Gasteiger partial charge is 0.221 e. The molecule has 0 heterocycles. The second kappa shape index (κ2) is 10.3. The Morgan fingerprint density at radius 3 is 1.73 bits per heavy atom. The van der Waals surface area contributed by atoms with E-state index in [1.165, 1.54) is 0 Å². The number of hydrogen-bond donors (Lipinski definition) is 1. The highest BCUT2D eigenvalue weighted by Gasteiger charge is 2.18. The van der Waals surface area contributed by atoms with Gasteiger partial charge in [-0.05, 0) is 35.2 Å². The van der Waals surface area contributed by atoms with Crippen molar-refractivity contribution < 1.29 is 19.0 Å². The molecule has 0 aliphatic rings. The molecule has 156 valence electrons. The molecule has 0 saturated carbocycles. The molecule has 3 aromatic carbocycles. The molecule has 5 heteroatoms. The first kappa shape index (κ1) is 21.2. The number of carbonyl (C=O) groups excluding carboxylic acids is 1. The van der Waals surface area contributed by atoms with Gasteiger partial charge in [-0.15, -0.1) is 0 Å². The summed E-state index contributed by atoms with van der Waals surface area (Å²) in [7, 11) is 4.73. The average Bonchev–Trinajstić information content (AvgIpc) is 2.81. The molecule has 30 heavy (non-hydrogen) atoms. The summed E-state index contributed by atoms with van der Waals surface area (Å²) in [6.45, 7) is 0. The molecule has 0 fully saturated rings. The van der Waals surface area contributed by atoms with E-state index in [0.29, 0.717) is 30.1 Å². The van der Waals surface area contributed by atoms with Crippen LogP contribution in [-0.2, 0) is 11.2 Å². The number of aryl methyl sites for hydroxylation is 1. The highest BCUT2D eigenvalue weighted by Crippen LogP contribution is 2.38. The summed E-state index contributed by atoms with van der Waals surface area (Å²) in [5.41, 5.74) is 3.03. The summed E-state index contributed by atoms with van der Waals surface area (Å²) in [4.78, 5) is 12.8. The van der Waals surface area contributed by atoms with Gasteiger partial charge in [-0.3, -0.25) is 4.79 Å². The summed E-state index contributed by atoms with van der Waals surface area (Å²) >= 11 is 0. The number of methoxy groups -OCH3 is 3. The zero-order valence-corrected chi connectivity index (χ0v) is 17.6. The van der Waals surface area contributed by atoms with E-state index < -0.39 is 0 Å². The molecule has 0 aromatic heterocycles. The number of ether oxygens (including phenoxy) is 3. The Balaban J connectivity index is 1.74. The molecule has 0 aliphatic carbocycles. The van der Waals surface area contributed by atoms with Crippen LogP contribution in [0.25, 0.3) is 0 Å². The number of nitrogens with one attached hydrogen (secondary N) is 1. The number of amides is 1. The molecule has 0 saturated heterocycles. The van der Waals surface area contributed by atoms with E-state index in [1.807, 2.05) is 72.8 Å². The van der Waals surface area contributed by atoms with Crippen molar-refractivity contribution in [2.45, 2.75) is 18.9 Å². The second-order valence-corrected chi connectivity index (χ2v) is 6.86. The first-order chi connectivity index (χ1) is 14.7. The maximum absolute atomic E-state index is 12.8. The third-order valence-corrected chi connectivity index (χ3v) is 4.94. The van der Waals surface area contributed by atoms with E-state index in [1.54, 1.807) is 21.3 Å². The second-order valence-electron chi connectivity index (χ2n) is 6.86. The maximum Gasteiger partial charge on any atom is 0.221 e. The first-order valence-corrected chi connectivity index (χ1v) is 9.84. The van der Waals surface area contributed by atoms with Crippen molar-refractivity contribution in [1.29, 1.82) is 0 Å². The number of benzene rings is 3. The molecule has 0 bridgehead atoms. The van der Waals surface area contributed by atoms with Crippen molar-refractivity contribution in [1.82, 2.24) is 5.32 Å². The van der Waals surface area contributed by atoms with Crippen LogP contribution in [0, 0.1) is 0 Å². The molecular weight excluding hydrogens is 378 g/mol. The molecule has 3 aromatic rings. The molecular formula is C25H27NO4. The molecule has 0 aliphatic heterocycles. The SMILES string of the molecule is COc1cc(CCC(=O)NC(c2ccccc2)c2ccccc2)cc(OC)c1OC. The monoisotopic (exact) mass is 405 g/mol. The van der Waals surface area contributed by atoms with Crippen molar-refractivity contribution in [3.63, 3.8) is 0 Å². The minimum absolute atomic E-state index is 0.0264. The van der Waals surface area contributed by atoms with Crippen molar-refractivity contribution in [3.8, 4) is 17.2 Å². The van der Waals surface area contributed by atoms with Crippen LogP contribution in [0.4, 0.5) is 0 Å². The van der Waals surface area contributed by atoms with Crippen molar-refractivity contribution >= 4 is 5.91 Å². The van der Waals surface area contributed by atoms with E-state index in [-0.39, 0.29) is 11.9 Å². The standard InChI is InChI=1S/C25H27NO4/c1-28-21-16-18(17-22(29-2)25(21)30-3)14-15-23(27)26-24(19-10-6-4-7-11-19)20-12-8-5-9-13-20/h4-13,16-17,24H,14-15H2,1-3H3,(H,26,27). The molecule has 1 N–H and O–H groups in total.